The van der Waals surface area contributed by atoms with Gasteiger partial charge in [-0.2, -0.15) is 10.4 Å². The van der Waals surface area contributed by atoms with Crippen molar-refractivity contribution in [2.45, 2.75) is 6.92 Å². The lowest BCUT2D eigenvalue weighted by molar-refractivity contribution is 0.616. The minimum absolute atomic E-state index is 0.0692. The van der Waals surface area contributed by atoms with E-state index in [9.17, 15) is 4.39 Å². The molecule has 0 aliphatic carbocycles. The number of halogens is 1. The summed E-state index contributed by atoms with van der Waals surface area (Å²) in [5.74, 6) is 1.09. The van der Waals surface area contributed by atoms with Gasteiger partial charge < -0.3 is 9.80 Å². The second-order valence-corrected chi connectivity index (χ2v) is 6.39. The molecule has 1 aromatic carbocycles. The van der Waals surface area contributed by atoms with Crippen molar-refractivity contribution < 1.29 is 4.39 Å². The maximum Gasteiger partial charge on any atom is 0.158 e. The van der Waals surface area contributed by atoms with Crippen LogP contribution < -0.4 is 9.80 Å². The number of nitriles is 1. The van der Waals surface area contributed by atoms with E-state index < -0.39 is 5.82 Å². The van der Waals surface area contributed by atoms with Gasteiger partial charge in [0.25, 0.3) is 0 Å². The van der Waals surface area contributed by atoms with E-state index in [0.717, 1.165) is 49.2 Å². The molecule has 0 atom stereocenters. The first kappa shape index (κ1) is 17.0. The van der Waals surface area contributed by atoms with Gasteiger partial charge in [-0.3, -0.25) is 0 Å². The standard InChI is InChI=1S/C19H18FN7/c1-14-4-5-27(24-14)19-11-18(22-13-23-19)26-8-6-25(7-9-26)16-3-2-15(12-21)17(20)10-16/h2-5,10-11,13H,6-9H2,1H3. The van der Waals surface area contributed by atoms with Crippen LogP contribution in [0.25, 0.3) is 5.82 Å². The highest BCUT2D eigenvalue weighted by Crippen LogP contribution is 2.22. The number of piperazine rings is 1. The van der Waals surface area contributed by atoms with Crippen molar-refractivity contribution in [3.05, 3.63) is 59.9 Å². The van der Waals surface area contributed by atoms with E-state index in [1.165, 1.54) is 12.1 Å². The van der Waals surface area contributed by atoms with Crippen LogP contribution in [0.5, 0.6) is 0 Å². The van der Waals surface area contributed by atoms with E-state index >= 15 is 0 Å². The molecular weight excluding hydrogens is 345 g/mol. The molecule has 8 heteroatoms. The highest BCUT2D eigenvalue weighted by atomic mass is 19.1. The van der Waals surface area contributed by atoms with Gasteiger partial charge in [0.2, 0.25) is 0 Å². The summed E-state index contributed by atoms with van der Waals surface area (Å²) in [6.07, 6.45) is 3.42. The quantitative estimate of drug-likeness (QED) is 0.711. The second kappa shape index (κ2) is 7.03. The summed E-state index contributed by atoms with van der Waals surface area (Å²) in [5, 5.41) is 13.2. The molecule has 0 saturated carbocycles. The summed E-state index contributed by atoms with van der Waals surface area (Å²) >= 11 is 0. The third-order valence-electron chi connectivity index (χ3n) is 4.64. The van der Waals surface area contributed by atoms with Crippen molar-refractivity contribution in [1.82, 2.24) is 19.7 Å². The molecule has 1 fully saturated rings. The van der Waals surface area contributed by atoms with Crippen LogP contribution >= 0.6 is 0 Å². The Hall–Kier alpha value is -3.47. The lowest BCUT2D eigenvalue weighted by Crippen LogP contribution is -2.46. The number of aromatic nitrogens is 4. The van der Waals surface area contributed by atoms with Crippen LogP contribution in [-0.2, 0) is 0 Å². The smallest absolute Gasteiger partial charge is 0.158 e. The van der Waals surface area contributed by atoms with Crippen molar-refractivity contribution in [2.75, 3.05) is 36.0 Å². The van der Waals surface area contributed by atoms with Gasteiger partial charge in [-0.1, -0.05) is 0 Å². The lowest BCUT2D eigenvalue weighted by Gasteiger charge is -2.36. The molecule has 3 aromatic rings. The van der Waals surface area contributed by atoms with E-state index in [2.05, 4.69) is 24.9 Å². The lowest BCUT2D eigenvalue weighted by atomic mass is 10.2. The van der Waals surface area contributed by atoms with Crippen LogP contribution in [0.2, 0.25) is 0 Å². The molecule has 1 saturated heterocycles. The monoisotopic (exact) mass is 363 g/mol. The topological polar surface area (TPSA) is 73.9 Å². The van der Waals surface area contributed by atoms with Gasteiger partial charge in [-0.25, -0.2) is 19.0 Å². The molecule has 1 aliphatic rings. The zero-order valence-electron chi connectivity index (χ0n) is 14.9. The summed E-state index contributed by atoms with van der Waals surface area (Å²) in [6.45, 7) is 4.94. The number of nitrogens with zero attached hydrogens (tertiary/aromatic N) is 7. The van der Waals surface area contributed by atoms with Crippen molar-refractivity contribution in [3.8, 4) is 11.9 Å². The van der Waals surface area contributed by atoms with E-state index in [1.807, 2.05) is 31.3 Å². The summed E-state index contributed by atoms with van der Waals surface area (Å²) in [4.78, 5) is 13.0. The third kappa shape index (κ3) is 3.44. The highest BCUT2D eigenvalue weighted by Gasteiger charge is 2.20. The molecule has 3 heterocycles. The molecule has 136 valence electrons. The van der Waals surface area contributed by atoms with Crippen LogP contribution in [0, 0.1) is 24.1 Å². The molecule has 4 rings (SSSR count). The average molecular weight is 363 g/mol. The molecule has 1 aliphatic heterocycles. The number of anilines is 2. The van der Waals surface area contributed by atoms with Crippen molar-refractivity contribution in [1.29, 1.82) is 5.26 Å². The van der Waals surface area contributed by atoms with E-state index in [-0.39, 0.29) is 5.56 Å². The van der Waals surface area contributed by atoms with Gasteiger partial charge in [0.1, 0.15) is 24.0 Å². The zero-order chi connectivity index (χ0) is 18.8. The van der Waals surface area contributed by atoms with Crippen LogP contribution in [-0.4, -0.2) is 45.9 Å². The minimum Gasteiger partial charge on any atom is -0.368 e. The van der Waals surface area contributed by atoms with Gasteiger partial charge >= 0.3 is 0 Å². The predicted molar refractivity (Wildman–Crippen MR) is 99.4 cm³/mol. The average Bonchev–Trinajstić information content (AvgIpc) is 3.14. The maximum absolute atomic E-state index is 13.9. The van der Waals surface area contributed by atoms with E-state index in [1.54, 1.807) is 17.1 Å². The van der Waals surface area contributed by atoms with Gasteiger partial charge in [0.15, 0.2) is 5.82 Å². The largest absolute Gasteiger partial charge is 0.368 e. The predicted octanol–water partition coefficient (Wildman–Crippen LogP) is 2.31. The summed E-state index contributed by atoms with van der Waals surface area (Å²) in [6, 6.07) is 10.4. The van der Waals surface area contributed by atoms with Crippen molar-refractivity contribution in [3.63, 3.8) is 0 Å². The Labute approximate surface area is 156 Å². The van der Waals surface area contributed by atoms with Crippen molar-refractivity contribution in [2.24, 2.45) is 0 Å². The maximum atomic E-state index is 13.9. The number of hydrogen-bond donors (Lipinski definition) is 0. The Kier molecular flexibility index (Phi) is 4.42. The molecule has 0 bridgehead atoms. The summed E-state index contributed by atoms with van der Waals surface area (Å²) < 4.78 is 15.6. The molecule has 27 heavy (non-hydrogen) atoms. The fraction of sp³-hybridized carbons (Fsp3) is 0.263. The fourth-order valence-electron chi connectivity index (χ4n) is 3.16. The van der Waals surface area contributed by atoms with Gasteiger partial charge in [0, 0.05) is 44.1 Å². The number of benzene rings is 1. The molecule has 2 aromatic heterocycles. The van der Waals surface area contributed by atoms with Crippen molar-refractivity contribution >= 4 is 11.5 Å². The first-order valence-electron chi connectivity index (χ1n) is 8.68. The molecule has 0 radical (unpaired) electrons. The van der Waals surface area contributed by atoms with Gasteiger partial charge in [-0.15, -0.1) is 0 Å². The molecule has 0 N–H and O–H groups in total. The fourth-order valence-corrected chi connectivity index (χ4v) is 3.16. The van der Waals surface area contributed by atoms with E-state index in [4.69, 9.17) is 5.26 Å². The van der Waals surface area contributed by atoms with Gasteiger partial charge in [-0.05, 0) is 31.2 Å². The zero-order valence-corrected chi connectivity index (χ0v) is 14.9. The highest BCUT2D eigenvalue weighted by molar-refractivity contribution is 5.53. The molecule has 7 nitrogen and oxygen atoms in total. The molecule has 0 spiro atoms. The summed E-state index contributed by atoms with van der Waals surface area (Å²) in [7, 11) is 0. The van der Waals surface area contributed by atoms with Crippen LogP contribution in [0.3, 0.4) is 0 Å². The second-order valence-electron chi connectivity index (χ2n) is 6.39. The Morgan fingerprint density at radius 3 is 2.41 bits per heavy atom. The molecule has 0 unspecified atom stereocenters. The number of aryl methyl sites for hydroxylation is 1. The molecular formula is C19H18FN7. The number of hydrogen-bond acceptors (Lipinski definition) is 6. The Morgan fingerprint density at radius 2 is 1.74 bits per heavy atom. The van der Waals surface area contributed by atoms with Crippen LogP contribution in [0.4, 0.5) is 15.9 Å². The minimum atomic E-state index is -0.479. The SMILES string of the molecule is Cc1ccn(-c2cc(N3CCN(c4ccc(C#N)c(F)c4)CC3)ncn2)n1. The first-order chi connectivity index (χ1) is 13.1. The van der Waals surface area contributed by atoms with Gasteiger partial charge in [0.05, 0.1) is 11.3 Å². The Bertz CT molecular complexity index is 999. The third-order valence-corrected chi connectivity index (χ3v) is 4.64. The normalized spacial score (nSPS) is 14.3. The first-order valence-corrected chi connectivity index (χ1v) is 8.68. The molecule has 0 amide bonds. The Morgan fingerprint density at radius 1 is 1.00 bits per heavy atom. The van der Waals surface area contributed by atoms with Crippen LogP contribution in [0.1, 0.15) is 11.3 Å². The summed E-state index contributed by atoms with van der Waals surface area (Å²) in [5.41, 5.74) is 1.79. The van der Waals surface area contributed by atoms with Crippen LogP contribution in [0.15, 0.2) is 42.9 Å². The van der Waals surface area contributed by atoms with E-state index in [0.29, 0.717) is 0 Å². The Balaban J connectivity index is 1.47. The number of rotatable bonds is 3.